The molecule has 2 N–H and O–H groups in total. The summed E-state index contributed by atoms with van der Waals surface area (Å²) in [5, 5.41) is 23.7. The van der Waals surface area contributed by atoms with Gasteiger partial charge >= 0.3 is 5.97 Å². The van der Waals surface area contributed by atoms with Crippen molar-refractivity contribution in [2.45, 2.75) is 22.8 Å². The molecule has 1 atom stereocenters. The molecule has 0 radical (unpaired) electrons. The molecular weight excluding hydrogens is 336 g/mol. The fourth-order valence-electron chi connectivity index (χ4n) is 1.57. The van der Waals surface area contributed by atoms with E-state index in [2.05, 4.69) is 5.32 Å². The molecule has 0 spiro atoms. The minimum Gasteiger partial charge on any atom is -0.481 e. The number of thioether (sulfide) groups is 1. The zero-order chi connectivity index (χ0) is 17.2. The Kier molecular flexibility index (Phi) is 8.14. The van der Waals surface area contributed by atoms with Gasteiger partial charge in [0.25, 0.3) is 5.69 Å². The predicted molar refractivity (Wildman–Crippen MR) is 94.5 cm³/mol. The van der Waals surface area contributed by atoms with Crippen LogP contribution in [0.3, 0.4) is 0 Å². The summed E-state index contributed by atoms with van der Waals surface area (Å²) in [5.74, 6) is -0.730. The number of anilines is 1. The average Bonchev–Trinajstić information content (AvgIpc) is 3.00. The fraction of sp³-hybridized carbons (Fsp3) is 0.267. The number of nitrogens with one attached hydrogen (secondary N) is 1. The van der Waals surface area contributed by atoms with Crippen LogP contribution in [0, 0.1) is 10.1 Å². The van der Waals surface area contributed by atoms with Gasteiger partial charge in [0.1, 0.15) is 0 Å². The predicted octanol–water partition coefficient (Wildman–Crippen LogP) is 4.34. The Morgan fingerprint density at radius 2 is 2.04 bits per heavy atom. The van der Waals surface area contributed by atoms with Gasteiger partial charge in [0.2, 0.25) is 0 Å². The Balaban J connectivity index is 0.000000231. The lowest BCUT2D eigenvalue weighted by Crippen LogP contribution is -2.04. The van der Waals surface area contributed by atoms with Gasteiger partial charge in [-0.3, -0.25) is 14.9 Å². The van der Waals surface area contributed by atoms with E-state index in [9.17, 15) is 14.9 Å². The second-order valence-electron chi connectivity index (χ2n) is 4.51. The van der Waals surface area contributed by atoms with E-state index in [1.807, 2.05) is 24.4 Å². The number of hydrogen-bond acceptors (Lipinski definition) is 6. The quantitative estimate of drug-likeness (QED) is 0.455. The lowest BCUT2D eigenvalue weighted by molar-refractivity contribution is -0.384. The number of carboxylic acids is 1. The lowest BCUT2D eigenvalue weighted by Gasteiger charge is -2.04. The maximum atomic E-state index is 10.3. The Labute approximate surface area is 142 Å². The molecule has 0 aliphatic rings. The molecule has 1 aromatic heterocycles. The molecule has 2 aromatic rings. The molecular formula is C15H18N2O4S2. The van der Waals surface area contributed by atoms with Gasteiger partial charge in [0, 0.05) is 30.1 Å². The molecule has 23 heavy (non-hydrogen) atoms. The highest BCUT2D eigenvalue weighted by atomic mass is 32.2. The molecule has 0 saturated carbocycles. The number of thiophene rings is 1. The molecule has 0 saturated heterocycles. The van der Waals surface area contributed by atoms with Crippen molar-refractivity contribution < 1.29 is 14.8 Å². The summed E-state index contributed by atoms with van der Waals surface area (Å²) in [6.45, 7) is 1.93. The summed E-state index contributed by atoms with van der Waals surface area (Å²) in [5.41, 5.74) is 0.986. The van der Waals surface area contributed by atoms with Crippen LogP contribution in [0.1, 0.15) is 13.3 Å². The molecule has 0 unspecified atom stereocenters. The van der Waals surface area contributed by atoms with E-state index < -0.39 is 10.9 Å². The van der Waals surface area contributed by atoms with Gasteiger partial charge in [0.15, 0.2) is 0 Å². The number of benzene rings is 1. The largest absolute Gasteiger partial charge is 0.481 e. The minimum absolute atomic E-state index is 0.115. The van der Waals surface area contributed by atoms with Crippen LogP contribution in [0.15, 0.2) is 46.0 Å². The molecule has 0 bridgehead atoms. The zero-order valence-corrected chi connectivity index (χ0v) is 14.4. The van der Waals surface area contributed by atoms with E-state index in [1.165, 1.54) is 16.3 Å². The number of non-ortho nitro benzene ring substituents is 1. The first-order valence-corrected chi connectivity index (χ1v) is 8.52. The Morgan fingerprint density at radius 3 is 2.48 bits per heavy atom. The van der Waals surface area contributed by atoms with Gasteiger partial charge in [0.05, 0.1) is 15.6 Å². The third-order valence-corrected chi connectivity index (χ3v) is 4.82. The SMILES string of the molecule is CNc1ccc([N+](=O)[O-])cc1.C[C@@H](CC(=O)O)Sc1cccs1. The highest BCUT2D eigenvalue weighted by Gasteiger charge is 2.09. The molecule has 0 amide bonds. The van der Waals surface area contributed by atoms with E-state index >= 15 is 0 Å². The number of carbonyl (C=O) groups is 1. The summed E-state index contributed by atoms with van der Waals surface area (Å²) in [7, 11) is 1.77. The van der Waals surface area contributed by atoms with Crippen molar-refractivity contribution in [2.24, 2.45) is 0 Å². The monoisotopic (exact) mass is 354 g/mol. The van der Waals surface area contributed by atoms with E-state index in [4.69, 9.17) is 5.11 Å². The normalized spacial score (nSPS) is 11.0. The number of nitro groups is 1. The van der Waals surface area contributed by atoms with Crippen molar-refractivity contribution in [3.63, 3.8) is 0 Å². The second kappa shape index (κ2) is 9.86. The second-order valence-corrected chi connectivity index (χ2v) is 7.20. The van der Waals surface area contributed by atoms with Gasteiger partial charge in [-0.25, -0.2) is 0 Å². The topological polar surface area (TPSA) is 92.5 Å². The van der Waals surface area contributed by atoms with Crippen molar-refractivity contribution in [2.75, 3.05) is 12.4 Å². The first kappa shape index (κ1) is 19.0. The van der Waals surface area contributed by atoms with Crippen LogP contribution in [0.4, 0.5) is 11.4 Å². The number of rotatable bonds is 6. The highest BCUT2D eigenvalue weighted by Crippen LogP contribution is 2.28. The van der Waals surface area contributed by atoms with Crippen LogP contribution in [-0.4, -0.2) is 28.3 Å². The lowest BCUT2D eigenvalue weighted by atomic mass is 10.3. The van der Waals surface area contributed by atoms with E-state index in [0.29, 0.717) is 0 Å². The molecule has 0 fully saturated rings. The van der Waals surface area contributed by atoms with Crippen LogP contribution < -0.4 is 5.32 Å². The number of nitrogens with zero attached hydrogens (tertiary/aromatic N) is 1. The Hall–Kier alpha value is -2.06. The molecule has 1 heterocycles. The maximum Gasteiger partial charge on any atom is 0.304 e. The Morgan fingerprint density at radius 1 is 1.39 bits per heavy atom. The summed E-state index contributed by atoms with van der Waals surface area (Å²) < 4.78 is 1.18. The maximum absolute atomic E-state index is 10.3. The van der Waals surface area contributed by atoms with Crippen molar-refractivity contribution in [3.8, 4) is 0 Å². The standard InChI is InChI=1S/C8H10O2S2.C7H8N2O2/c1-6(5-7(9)10)12-8-3-2-4-11-8;1-8-6-2-4-7(5-3-6)9(10)11/h2-4,6H,5H2,1H3,(H,9,10);2-5,8H,1H3/t6-;/m0./s1. The van der Waals surface area contributed by atoms with Gasteiger partial charge in [-0.2, -0.15) is 0 Å². The molecule has 6 nitrogen and oxygen atoms in total. The van der Waals surface area contributed by atoms with Crippen LogP contribution >= 0.6 is 23.1 Å². The van der Waals surface area contributed by atoms with E-state index in [-0.39, 0.29) is 17.4 Å². The molecule has 2 rings (SSSR count). The number of carboxylic acid groups (broad SMARTS) is 1. The van der Waals surface area contributed by atoms with Gasteiger partial charge in [-0.1, -0.05) is 13.0 Å². The molecule has 124 valence electrons. The summed E-state index contributed by atoms with van der Waals surface area (Å²) >= 11 is 3.26. The van der Waals surface area contributed by atoms with Crippen LogP contribution in [0.2, 0.25) is 0 Å². The van der Waals surface area contributed by atoms with Crippen molar-refractivity contribution in [1.29, 1.82) is 0 Å². The van der Waals surface area contributed by atoms with Gasteiger partial charge in [-0.05, 0) is 23.6 Å². The number of nitro benzene ring substituents is 1. The average molecular weight is 354 g/mol. The molecule has 8 heteroatoms. The highest BCUT2D eigenvalue weighted by molar-refractivity contribution is 8.01. The first-order chi connectivity index (χ1) is 10.9. The first-order valence-electron chi connectivity index (χ1n) is 6.76. The van der Waals surface area contributed by atoms with E-state index in [1.54, 1.807) is 42.3 Å². The van der Waals surface area contributed by atoms with Gasteiger partial charge < -0.3 is 10.4 Å². The fourth-order valence-corrected chi connectivity index (χ4v) is 3.68. The minimum atomic E-state index is -0.730. The zero-order valence-electron chi connectivity index (χ0n) is 12.8. The van der Waals surface area contributed by atoms with Crippen molar-refractivity contribution in [3.05, 3.63) is 51.9 Å². The third-order valence-electron chi connectivity index (χ3n) is 2.64. The smallest absolute Gasteiger partial charge is 0.304 e. The summed E-state index contributed by atoms with van der Waals surface area (Å²) in [4.78, 5) is 20.1. The molecule has 0 aliphatic heterocycles. The van der Waals surface area contributed by atoms with Gasteiger partial charge in [-0.15, -0.1) is 23.1 Å². The summed E-state index contributed by atoms with van der Waals surface area (Å²) in [6, 6.07) is 10.2. The van der Waals surface area contributed by atoms with Crippen LogP contribution in [0.5, 0.6) is 0 Å². The van der Waals surface area contributed by atoms with E-state index in [0.717, 1.165) is 5.69 Å². The number of hydrogen-bond donors (Lipinski definition) is 2. The Bertz CT molecular complexity index is 615. The van der Waals surface area contributed by atoms with Crippen LogP contribution in [0.25, 0.3) is 0 Å². The van der Waals surface area contributed by atoms with Crippen molar-refractivity contribution in [1.82, 2.24) is 0 Å². The number of aliphatic carboxylic acids is 1. The molecule has 0 aliphatic carbocycles. The molecule has 1 aromatic carbocycles. The van der Waals surface area contributed by atoms with Crippen LogP contribution in [-0.2, 0) is 4.79 Å². The third kappa shape index (κ3) is 7.66. The van der Waals surface area contributed by atoms with Crippen molar-refractivity contribution >= 4 is 40.4 Å². The summed E-state index contributed by atoms with van der Waals surface area (Å²) in [6.07, 6.45) is 0.225.